The molecule has 7 nitrogen and oxygen atoms in total. The summed E-state index contributed by atoms with van der Waals surface area (Å²) in [4.78, 5) is 30.0. The van der Waals surface area contributed by atoms with Crippen molar-refractivity contribution >= 4 is 12.1 Å². The van der Waals surface area contributed by atoms with Gasteiger partial charge in [-0.05, 0) is 77.8 Å². The fourth-order valence-corrected chi connectivity index (χ4v) is 6.75. The van der Waals surface area contributed by atoms with Gasteiger partial charge in [-0.15, -0.1) is 0 Å². The summed E-state index contributed by atoms with van der Waals surface area (Å²) in [7, 11) is 0. The van der Waals surface area contributed by atoms with E-state index >= 15 is 0 Å². The van der Waals surface area contributed by atoms with E-state index in [4.69, 9.17) is 14.2 Å². The lowest BCUT2D eigenvalue weighted by Crippen LogP contribution is -2.40. The molecule has 0 aliphatic rings. The predicted octanol–water partition coefficient (Wildman–Crippen LogP) is 12.1. The molecule has 0 aromatic heterocycles. The molecule has 0 aromatic rings. The Hall–Kier alpha value is -1.34. The highest BCUT2D eigenvalue weighted by Gasteiger charge is 2.17. The molecule has 0 fully saturated rings. The summed E-state index contributed by atoms with van der Waals surface area (Å²) in [5.74, 6) is 0.500. The van der Waals surface area contributed by atoms with E-state index < -0.39 is 6.16 Å². The van der Waals surface area contributed by atoms with Gasteiger partial charge in [0.05, 0.1) is 6.61 Å². The summed E-state index contributed by atoms with van der Waals surface area (Å²) < 4.78 is 17.2. The number of nitrogens with zero attached hydrogens (tertiary/aromatic N) is 2. The van der Waals surface area contributed by atoms with E-state index in [-0.39, 0.29) is 12.1 Å². The summed E-state index contributed by atoms with van der Waals surface area (Å²) in [5.41, 5.74) is 0. The van der Waals surface area contributed by atoms with Crippen LogP contribution in [-0.4, -0.2) is 80.0 Å². The maximum absolute atomic E-state index is 12.6. The molecule has 0 spiro atoms. The molecule has 0 aliphatic heterocycles. The van der Waals surface area contributed by atoms with Crippen LogP contribution >= 0.6 is 0 Å². The third-order valence-corrected chi connectivity index (χ3v) is 10.4. The average Bonchev–Trinajstić information content (AvgIpc) is 3.10. The van der Waals surface area contributed by atoms with Crippen LogP contribution in [0.4, 0.5) is 4.79 Å². The molecule has 50 heavy (non-hydrogen) atoms. The third-order valence-electron chi connectivity index (χ3n) is 10.4. The van der Waals surface area contributed by atoms with E-state index in [2.05, 4.69) is 58.3 Å². The van der Waals surface area contributed by atoms with Gasteiger partial charge in [-0.2, -0.15) is 0 Å². The van der Waals surface area contributed by atoms with Crippen molar-refractivity contribution in [1.82, 2.24) is 9.80 Å². The van der Waals surface area contributed by atoms with Gasteiger partial charge in [0.1, 0.15) is 12.7 Å². The van der Waals surface area contributed by atoms with Crippen molar-refractivity contribution in [2.24, 2.45) is 5.92 Å². The van der Waals surface area contributed by atoms with Gasteiger partial charge in [-0.1, -0.05) is 137 Å². The molecule has 0 rings (SSSR count). The van der Waals surface area contributed by atoms with Crippen molar-refractivity contribution in [3.63, 3.8) is 0 Å². The van der Waals surface area contributed by atoms with E-state index in [9.17, 15) is 9.59 Å². The van der Waals surface area contributed by atoms with Crippen LogP contribution in [-0.2, 0) is 19.0 Å². The fraction of sp³-hybridized carbons (Fsp3) is 0.953. The fourth-order valence-electron chi connectivity index (χ4n) is 6.75. The minimum absolute atomic E-state index is 0.0223. The zero-order chi connectivity index (χ0) is 37.1. The van der Waals surface area contributed by atoms with E-state index in [1.54, 1.807) is 0 Å². The van der Waals surface area contributed by atoms with E-state index in [1.165, 1.54) is 96.3 Å². The maximum Gasteiger partial charge on any atom is 0.508 e. The number of likely N-dealkylation sites (N-methyl/N-ethyl adjacent to an activating group) is 1. The molecule has 7 heteroatoms. The van der Waals surface area contributed by atoms with Gasteiger partial charge >= 0.3 is 12.1 Å². The molecule has 0 aromatic carbocycles. The number of unbranched alkanes of at least 4 members (excludes halogenated alkanes) is 15. The highest BCUT2D eigenvalue weighted by atomic mass is 16.7. The highest BCUT2D eigenvalue weighted by molar-refractivity contribution is 5.69. The zero-order valence-corrected chi connectivity index (χ0v) is 34.6. The topological polar surface area (TPSA) is 68.3 Å². The first-order valence-electron chi connectivity index (χ1n) is 21.8. The number of carbonyl (C=O) groups excluding carboxylic acids is 2. The van der Waals surface area contributed by atoms with Crippen molar-refractivity contribution in [2.45, 2.75) is 215 Å². The minimum atomic E-state index is -0.522. The molecule has 0 heterocycles. The van der Waals surface area contributed by atoms with Gasteiger partial charge in [0.25, 0.3) is 0 Å². The van der Waals surface area contributed by atoms with Gasteiger partial charge in [0.15, 0.2) is 0 Å². The van der Waals surface area contributed by atoms with Crippen LogP contribution in [0.5, 0.6) is 0 Å². The van der Waals surface area contributed by atoms with Crippen molar-refractivity contribution in [2.75, 3.05) is 45.9 Å². The number of esters is 1. The number of rotatable bonds is 37. The van der Waals surface area contributed by atoms with Crippen molar-refractivity contribution in [3.05, 3.63) is 0 Å². The SMILES string of the molecule is CCCCCCCCC(CCCCCC)COC(=O)CCCCCCCC(CCCCCC)OC(=O)OCCN(CCN(CC)CC)C(C)C. The number of ether oxygens (including phenoxy) is 3. The average molecular weight is 711 g/mol. The van der Waals surface area contributed by atoms with Crippen LogP contribution in [0.25, 0.3) is 0 Å². The first-order valence-corrected chi connectivity index (χ1v) is 21.8. The quantitative estimate of drug-likeness (QED) is 0.0469. The second kappa shape index (κ2) is 36.0. The first kappa shape index (κ1) is 48.7. The van der Waals surface area contributed by atoms with E-state index in [0.29, 0.717) is 31.6 Å². The Kier molecular flexibility index (Phi) is 35.1. The van der Waals surface area contributed by atoms with Gasteiger partial charge in [-0.25, -0.2) is 4.79 Å². The lowest BCUT2D eigenvalue weighted by Gasteiger charge is -2.29. The lowest BCUT2D eigenvalue weighted by atomic mass is 9.95. The molecule has 0 saturated heterocycles. The molecular weight excluding hydrogens is 624 g/mol. The van der Waals surface area contributed by atoms with Crippen molar-refractivity contribution < 1.29 is 23.8 Å². The minimum Gasteiger partial charge on any atom is -0.465 e. The summed E-state index contributed by atoms with van der Waals surface area (Å²) in [6.07, 6.45) is 26.9. The highest BCUT2D eigenvalue weighted by Crippen LogP contribution is 2.21. The van der Waals surface area contributed by atoms with Crippen molar-refractivity contribution in [1.29, 1.82) is 0 Å². The molecule has 298 valence electrons. The second-order valence-electron chi connectivity index (χ2n) is 15.1. The number of hydrogen-bond donors (Lipinski definition) is 0. The molecule has 2 atom stereocenters. The van der Waals surface area contributed by atoms with Crippen LogP contribution in [0, 0.1) is 5.92 Å². The van der Waals surface area contributed by atoms with Crippen LogP contribution in [0.3, 0.4) is 0 Å². The Morgan fingerprint density at radius 3 is 1.54 bits per heavy atom. The molecule has 0 bridgehead atoms. The van der Waals surface area contributed by atoms with Crippen LogP contribution < -0.4 is 0 Å². The molecule has 2 unspecified atom stereocenters. The third kappa shape index (κ3) is 30.3. The maximum atomic E-state index is 12.6. The monoisotopic (exact) mass is 711 g/mol. The van der Waals surface area contributed by atoms with Gasteiger partial charge in [0, 0.05) is 32.1 Å². The molecule has 0 saturated carbocycles. The Balaban J connectivity index is 4.43. The normalized spacial score (nSPS) is 12.9. The Morgan fingerprint density at radius 1 is 0.540 bits per heavy atom. The van der Waals surface area contributed by atoms with Crippen LogP contribution in [0.2, 0.25) is 0 Å². The summed E-state index contributed by atoms with van der Waals surface area (Å²) in [6.45, 7) is 21.3. The molecule has 0 N–H and O–H groups in total. The summed E-state index contributed by atoms with van der Waals surface area (Å²) >= 11 is 0. The van der Waals surface area contributed by atoms with E-state index in [0.717, 1.165) is 84.1 Å². The van der Waals surface area contributed by atoms with Gasteiger partial charge < -0.3 is 19.1 Å². The van der Waals surface area contributed by atoms with E-state index in [1.807, 2.05) is 0 Å². The van der Waals surface area contributed by atoms with Gasteiger partial charge in [-0.3, -0.25) is 9.69 Å². The summed E-state index contributed by atoms with van der Waals surface area (Å²) in [5, 5.41) is 0. The second-order valence-corrected chi connectivity index (χ2v) is 15.1. The Morgan fingerprint density at radius 2 is 1.02 bits per heavy atom. The number of carbonyl (C=O) groups is 2. The zero-order valence-electron chi connectivity index (χ0n) is 34.6. The molecular formula is C43H86N2O5. The van der Waals surface area contributed by atoms with Gasteiger partial charge in [0.2, 0.25) is 0 Å². The molecule has 0 amide bonds. The molecule has 0 radical (unpaired) electrons. The summed E-state index contributed by atoms with van der Waals surface area (Å²) in [6, 6.07) is 0.402. The number of hydrogen-bond acceptors (Lipinski definition) is 7. The standard InChI is InChI=1S/C43H86N2O5/c1-8-13-16-19-21-25-30-40(29-24-17-14-9-2)38-49-42(46)33-28-23-20-22-27-32-41(31-26-18-15-10-3)50-43(47)48-37-36-45(39(6)7)35-34-44(11-4)12-5/h39-41H,8-38H2,1-7H3. The first-order chi connectivity index (χ1) is 24.3. The molecule has 0 aliphatic carbocycles. The van der Waals surface area contributed by atoms with Crippen LogP contribution in [0.15, 0.2) is 0 Å². The van der Waals surface area contributed by atoms with Crippen LogP contribution in [0.1, 0.15) is 203 Å². The largest absolute Gasteiger partial charge is 0.508 e. The Bertz CT molecular complexity index is 745. The predicted molar refractivity (Wildman–Crippen MR) is 213 cm³/mol. The lowest BCUT2D eigenvalue weighted by molar-refractivity contribution is -0.145. The Labute approximate surface area is 311 Å². The van der Waals surface area contributed by atoms with Crippen molar-refractivity contribution in [3.8, 4) is 0 Å². The smallest absolute Gasteiger partial charge is 0.465 e.